The minimum Gasteiger partial charge on any atom is -0.452 e. The number of carbonyl (C=O) groups is 1. The zero-order valence-electron chi connectivity index (χ0n) is 7.91. The van der Waals surface area contributed by atoms with Crippen LogP contribution in [0.2, 0.25) is 5.22 Å². The Bertz CT molecular complexity index is 527. The van der Waals surface area contributed by atoms with Gasteiger partial charge in [0.2, 0.25) is 5.22 Å². The number of amides is 1. The zero-order chi connectivity index (χ0) is 11.5. The van der Waals surface area contributed by atoms with Gasteiger partial charge < -0.3 is 9.73 Å². The summed E-state index contributed by atoms with van der Waals surface area (Å²) in [6, 6.07) is 3.18. The largest absolute Gasteiger partial charge is 0.452 e. The molecule has 0 aromatic carbocycles. The number of nitrogens with zero attached hydrogens (tertiary/aromatic N) is 1. The third-order valence-corrected chi connectivity index (χ3v) is 2.81. The summed E-state index contributed by atoms with van der Waals surface area (Å²) in [6.07, 6.45) is 4.53. The first-order valence-corrected chi connectivity index (χ1v) is 5.49. The molecule has 0 atom stereocenters. The topological polar surface area (TPSA) is 55.1 Å². The molecule has 6 heteroatoms. The molecule has 82 valence electrons. The smallest absolute Gasteiger partial charge is 0.260 e. The second-order valence-corrected chi connectivity index (χ2v) is 4.12. The predicted molar refractivity (Wildman–Crippen MR) is 63.6 cm³/mol. The lowest BCUT2D eigenvalue weighted by atomic mass is 10.3. The monoisotopic (exact) mass is 300 g/mol. The number of hydrogen-bond acceptors (Lipinski definition) is 3. The average molecular weight is 302 g/mol. The molecular weight excluding hydrogens is 295 g/mol. The van der Waals surface area contributed by atoms with E-state index >= 15 is 0 Å². The molecule has 1 amide bonds. The maximum atomic E-state index is 11.8. The molecule has 0 unspecified atom stereocenters. The maximum Gasteiger partial charge on any atom is 0.260 e. The lowest BCUT2D eigenvalue weighted by molar-refractivity contribution is 0.102. The fraction of sp³-hybridized carbons (Fsp3) is 0. The third-order valence-electron chi connectivity index (χ3n) is 1.88. The minimum absolute atomic E-state index is 0.0719. The van der Waals surface area contributed by atoms with Crippen LogP contribution in [0.1, 0.15) is 10.4 Å². The Morgan fingerprint density at radius 2 is 2.31 bits per heavy atom. The molecule has 16 heavy (non-hydrogen) atoms. The molecule has 2 rings (SSSR count). The number of hydrogen-bond donors (Lipinski definition) is 1. The molecule has 0 aliphatic heterocycles. The summed E-state index contributed by atoms with van der Waals surface area (Å²) < 4.78 is 5.53. The maximum absolute atomic E-state index is 11.8. The fourth-order valence-corrected chi connectivity index (χ4v) is 1.67. The van der Waals surface area contributed by atoms with E-state index < -0.39 is 0 Å². The molecule has 0 spiro atoms. The summed E-state index contributed by atoms with van der Waals surface area (Å²) in [7, 11) is 0. The zero-order valence-corrected chi connectivity index (χ0v) is 10.2. The molecule has 1 N–H and O–H groups in total. The molecule has 0 bridgehead atoms. The standard InChI is InChI=1S/C10H6BrClN2O2/c11-7-5-13-3-1-8(7)14-10(15)6-2-4-16-9(6)12/h1-5H,(H,13,14,15). The summed E-state index contributed by atoms with van der Waals surface area (Å²) >= 11 is 8.96. The minimum atomic E-state index is -0.328. The van der Waals surface area contributed by atoms with Gasteiger partial charge in [-0.3, -0.25) is 9.78 Å². The summed E-state index contributed by atoms with van der Waals surface area (Å²) in [5.74, 6) is -0.328. The van der Waals surface area contributed by atoms with Crippen LogP contribution in [0, 0.1) is 0 Å². The van der Waals surface area contributed by atoms with Crippen LogP contribution in [0.4, 0.5) is 5.69 Å². The first-order chi connectivity index (χ1) is 7.68. The number of halogens is 2. The van der Waals surface area contributed by atoms with E-state index in [-0.39, 0.29) is 11.1 Å². The fourth-order valence-electron chi connectivity index (χ4n) is 1.12. The van der Waals surface area contributed by atoms with Crippen molar-refractivity contribution in [1.82, 2.24) is 4.98 Å². The quantitative estimate of drug-likeness (QED) is 0.925. The van der Waals surface area contributed by atoms with Crippen LogP contribution in [0.15, 0.2) is 39.7 Å². The van der Waals surface area contributed by atoms with Crippen molar-refractivity contribution in [2.45, 2.75) is 0 Å². The molecule has 4 nitrogen and oxygen atoms in total. The van der Waals surface area contributed by atoms with Crippen molar-refractivity contribution >= 4 is 39.1 Å². The molecule has 2 aromatic rings. The van der Waals surface area contributed by atoms with Crippen LogP contribution >= 0.6 is 27.5 Å². The van der Waals surface area contributed by atoms with E-state index in [1.54, 1.807) is 18.5 Å². The van der Waals surface area contributed by atoms with Crippen molar-refractivity contribution in [2.75, 3.05) is 5.32 Å². The highest BCUT2D eigenvalue weighted by Gasteiger charge is 2.13. The van der Waals surface area contributed by atoms with Crippen molar-refractivity contribution in [1.29, 1.82) is 0 Å². The summed E-state index contributed by atoms with van der Waals surface area (Å²) in [6.45, 7) is 0. The molecule has 0 aliphatic carbocycles. The van der Waals surface area contributed by atoms with E-state index in [9.17, 15) is 4.79 Å². The molecule has 2 aromatic heterocycles. The first kappa shape index (κ1) is 11.2. The van der Waals surface area contributed by atoms with Gasteiger partial charge in [0.1, 0.15) is 0 Å². The van der Waals surface area contributed by atoms with Crippen molar-refractivity contribution < 1.29 is 9.21 Å². The van der Waals surface area contributed by atoms with Crippen LogP contribution < -0.4 is 5.32 Å². The number of aromatic nitrogens is 1. The number of rotatable bonds is 2. The van der Waals surface area contributed by atoms with Gasteiger partial charge in [-0.2, -0.15) is 0 Å². The van der Waals surface area contributed by atoms with Crippen LogP contribution in [0.3, 0.4) is 0 Å². The Labute approximate surface area is 105 Å². The van der Waals surface area contributed by atoms with Gasteiger partial charge in [0.15, 0.2) is 0 Å². The Balaban J connectivity index is 2.21. The molecule has 0 saturated heterocycles. The molecule has 0 aliphatic rings. The highest BCUT2D eigenvalue weighted by Crippen LogP contribution is 2.23. The molecule has 0 saturated carbocycles. The third kappa shape index (κ3) is 2.25. The molecule has 0 fully saturated rings. The van der Waals surface area contributed by atoms with Crippen LogP contribution in [0.5, 0.6) is 0 Å². The number of carbonyl (C=O) groups excluding carboxylic acids is 1. The van der Waals surface area contributed by atoms with E-state index in [0.29, 0.717) is 15.7 Å². The number of furan rings is 1. The lowest BCUT2D eigenvalue weighted by Crippen LogP contribution is -2.11. The van der Waals surface area contributed by atoms with Gasteiger partial charge in [0, 0.05) is 12.4 Å². The average Bonchev–Trinajstić information content (AvgIpc) is 2.68. The highest BCUT2D eigenvalue weighted by atomic mass is 79.9. The van der Waals surface area contributed by atoms with E-state index in [4.69, 9.17) is 16.0 Å². The van der Waals surface area contributed by atoms with Crippen molar-refractivity contribution in [2.24, 2.45) is 0 Å². The summed E-state index contributed by atoms with van der Waals surface area (Å²) in [5, 5.41) is 2.76. The van der Waals surface area contributed by atoms with Gasteiger partial charge in [0.25, 0.3) is 5.91 Å². The van der Waals surface area contributed by atoms with E-state index in [2.05, 4.69) is 26.2 Å². The number of pyridine rings is 1. The second-order valence-electron chi connectivity index (χ2n) is 2.92. The van der Waals surface area contributed by atoms with E-state index in [1.807, 2.05) is 0 Å². The van der Waals surface area contributed by atoms with Crippen molar-refractivity contribution in [3.05, 3.63) is 46.0 Å². The summed E-state index contributed by atoms with van der Waals surface area (Å²) in [4.78, 5) is 15.6. The first-order valence-electron chi connectivity index (χ1n) is 4.32. The number of nitrogens with one attached hydrogen (secondary N) is 1. The Morgan fingerprint density at radius 1 is 1.50 bits per heavy atom. The molecule has 2 heterocycles. The predicted octanol–water partition coefficient (Wildman–Crippen LogP) is 3.34. The summed E-state index contributed by atoms with van der Waals surface area (Å²) in [5.41, 5.74) is 0.919. The van der Waals surface area contributed by atoms with Crippen LogP contribution in [-0.2, 0) is 0 Å². The van der Waals surface area contributed by atoms with E-state index in [1.165, 1.54) is 12.3 Å². The van der Waals surface area contributed by atoms with E-state index in [0.717, 1.165) is 0 Å². The normalized spacial score (nSPS) is 10.1. The second kappa shape index (κ2) is 4.67. The van der Waals surface area contributed by atoms with Gasteiger partial charge in [-0.25, -0.2) is 0 Å². The SMILES string of the molecule is O=C(Nc1ccncc1Br)c1ccoc1Cl. The molecular formula is C10H6BrClN2O2. The van der Waals surface area contributed by atoms with Crippen molar-refractivity contribution in [3.8, 4) is 0 Å². The van der Waals surface area contributed by atoms with Gasteiger partial charge in [-0.1, -0.05) is 0 Å². The van der Waals surface area contributed by atoms with Gasteiger partial charge in [-0.15, -0.1) is 0 Å². The van der Waals surface area contributed by atoms with Gasteiger partial charge in [0.05, 0.1) is 22.0 Å². The Hall–Kier alpha value is -1.33. The number of anilines is 1. The van der Waals surface area contributed by atoms with Crippen molar-refractivity contribution in [3.63, 3.8) is 0 Å². The molecule has 0 radical (unpaired) electrons. The van der Waals surface area contributed by atoms with Crippen LogP contribution in [0.25, 0.3) is 0 Å². The lowest BCUT2D eigenvalue weighted by Gasteiger charge is -2.05. The van der Waals surface area contributed by atoms with Gasteiger partial charge >= 0.3 is 0 Å². The Kier molecular flexibility index (Phi) is 3.26. The van der Waals surface area contributed by atoms with Crippen LogP contribution in [-0.4, -0.2) is 10.9 Å². The Morgan fingerprint density at radius 3 is 2.94 bits per heavy atom. The van der Waals surface area contributed by atoms with Gasteiger partial charge in [-0.05, 0) is 39.7 Å². The highest BCUT2D eigenvalue weighted by molar-refractivity contribution is 9.10.